The minimum absolute atomic E-state index is 0. The molecule has 0 saturated carbocycles. The minimum Gasteiger partial charge on any atom is -0.490 e. The van der Waals surface area contributed by atoms with Gasteiger partial charge in [0.1, 0.15) is 0 Å². The maximum absolute atomic E-state index is 13.9. The molecule has 0 saturated heterocycles. The van der Waals surface area contributed by atoms with E-state index >= 15 is 0 Å². The Hall–Kier alpha value is -2.60. The van der Waals surface area contributed by atoms with E-state index in [-0.39, 0.29) is 23.2 Å². The van der Waals surface area contributed by atoms with Crippen LogP contribution in [0.2, 0.25) is 0 Å². The van der Waals surface area contributed by atoms with Crippen LogP contribution < -0.4 is 19.1 Å². The first kappa shape index (κ1) is 30.6. The highest BCUT2D eigenvalue weighted by atomic mass is 35.5. The molecule has 0 aliphatic heterocycles. The summed E-state index contributed by atoms with van der Waals surface area (Å²) in [6.45, 7) is 7.79. The summed E-state index contributed by atoms with van der Waals surface area (Å²) in [5.41, 5.74) is 1.00. The smallest absolute Gasteiger partial charge is 0.260 e. The molecule has 12 heteroatoms. The van der Waals surface area contributed by atoms with E-state index in [4.69, 9.17) is 14.2 Å². The normalized spacial score (nSPS) is 11.3. The molecular formula is C25H34ClN3O6S2. The fraction of sp³-hybridized carbons (Fsp3) is 0.440. The number of nitrogens with zero attached hydrogens (tertiary/aromatic N) is 3. The van der Waals surface area contributed by atoms with Crippen molar-refractivity contribution in [1.82, 2.24) is 9.88 Å². The predicted molar refractivity (Wildman–Crippen MR) is 150 cm³/mol. The van der Waals surface area contributed by atoms with Crippen molar-refractivity contribution in [3.63, 3.8) is 0 Å². The van der Waals surface area contributed by atoms with Crippen LogP contribution in [-0.2, 0) is 9.84 Å². The number of carbonyl (C=O) groups excluding carboxylic acids is 1. The molecule has 0 atom stereocenters. The second-order valence-electron chi connectivity index (χ2n) is 8.26. The molecule has 1 heterocycles. The van der Waals surface area contributed by atoms with E-state index in [9.17, 15) is 13.2 Å². The lowest BCUT2D eigenvalue weighted by atomic mass is 10.1. The van der Waals surface area contributed by atoms with Crippen molar-refractivity contribution in [2.45, 2.75) is 25.7 Å². The van der Waals surface area contributed by atoms with Gasteiger partial charge in [-0.1, -0.05) is 11.3 Å². The third-order valence-electron chi connectivity index (χ3n) is 5.18. The zero-order chi connectivity index (χ0) is 26.5. The van der Waals surface area contributed by atoms with Crippen LogP contribution in [0.4, 0.5) is 5.13 Å². The number of thiazole rings is 1. The van der Waals surface area contributed by atoms with Crippen molar-refractivity contribution in [2.24, 2.45) is 0 Å². The minimum atomic E-state index is -3.36. The molecule has 3 aromatic rings. The first-order valence-corrected chi connectivity index (χ1v) is 14.4. The van der Waals surface area contributed by atoms with E-state index in [1.54, 1.807) is 29.2 Å². The Kier molecular flexibility index (Phi) is 11.0. The standard InChI is InChI=1S/C25H33N3O6S2.ClH/c1-7-32-20-14-17(15-21(33-8-2)23(20)34-9-3)24(29)28(13-12-27(4)5)25-26-19-11-10-18(36(6,30)31)16-22(19)35-25;/h10-11,14-16H,7-9,12-13H2,1-6H3;1H. The summed E-state index contributed by atoms with van der Waals surface area (Å²) in [5.74, 6) is 1.06. The zero-order valence-corrected chi connectivity index (χ0v) is 24.4. The lowest BCUT2D eigenvalue weighted by Gasteiger charge is -2.23. The summed E-state index contributed by atoms with van der Waals surface area (Å²) >= 11 is 1.27. The highest BCUT2D eigenvalue weighted by Crippen LogP contribution is 2.40. The number of rotatable bonds is 12. The number of amides is 1. The third kappa shape index (κ3) is 7.47. The second-order valence-corrected chi connectivity index (χ2v) is 11.3. The molecule has 9 nitrogen and oxygen atoms in total. The molecule has 204 valence electrons. The molecule has 0 unspecified atom stereocenters. The molecule has 2 aromatic carbocycles. The van der Waals surface area contributed by atoms with E-state index in [0.717, 1.165) is 0 Å². The van der Waals surface area contributed by atoms with E-state index in [0.29, 0.717) is 71.1 Å². The number of hydrogen-bond acceptors (Lipinski definition) is 9. The molecule has 1 amide bonds. The lowest BCUT2D eigenvalue weighted by molar-refractivity contribution is 0.0984. The maximum atomic E-state index is 13.9. The molecule has 37 heavy (non-hydrogen) atoms. The van der Waals surface area contributed by atoms with Gasteiger partial charge in [0.15, 0.2) is 26.5 Å². The molecular weight excluding hydrogens is 538 g/mol. The summed E-state index contributed by atoms with van der Waals surface area (Å²) in [7, 11) is 0.491. The van der Waals surface area contributed by atoms with Crippen molar-refractivity contribution < 1.29 is 27.4 Å². The van der Waals surface area contributed by atoms with E-state index < -0.39 is 9.84 Å². The quantitative estimate of drug-likeness (QED) is 0.313. The lowest BCUT2D eigenvalue weighted by Crippen LogP contribution is -2.36. The van der Waals surface area contributed by atoms with Gasteiger partial charge in [-0.25, -0.2) is 13.4 Å². The summed E-state index contributed by atoms with van der Waals surface area (Å²) in [6, 6.07) is 8.12. The number of likely N-dealkylation sites (N-methyl/N-ethyl adjacent to an activating group) is 1. The number of carbonyl (C=O) groups is 1. The number of benzene rings is 2. The first-order valence-electron chi connectivity index (χ1n) is 11.7. The Bertz CT molecular complexity index is 1300. The number of anilines is 1. The number of ether oxygens (including phenoxy) is 3. The van der Waals surface area contributed by atoms with Gasteiger partial charge in [0.25, 0.3) is 5.91 Å². The van der Waals surface area contributed by atoms with Gasteiger partial charge in [0.05, 0.1) is 34.9 Å². The summed E-state index contributed by atoms with van der Waals surface area (Å²) in [5, 5.41) is 0.479. The molecule has 0 N–H and O–H groups in total. The number of fused-ring (bicyclic) bond motifs is 1. The number of aromatic nitrogens is 1. The Balaban J connectivity index is 0.00000481. The molecule has 0 radical (unpaired) electrons. The fourth-order valence-corrected chi connectivity index (χ4v) is 5.24. The average molecular weight is 572 g/mol. The van der Waals surface area contributed by atoms with Gasteiger partial charge in [-0.05, 0) is 65.2 Å². The monoisotopic (exact) mass is 571 g/mol. The van der Waals surface area contributed by atoms with Crippen LogP contribution >= 0.6 is 23.7 Å². The topological polar surface area (TPSA) is 98.3 Å². The van der Waals surface area contributed by atoms with Crippen LogP contribution in [-0.4, -0.2) is 77.5 Å². The van der Waals surface area contributed by atoms with Crippen LogP contribution in [0.5, 0.6) is 17.2 Å². The Morgan fingerprint density at radius 1 is 0.946 bits per heavy atom. The molecule has 0 spiro atoms. The maximum Gasteiger partial charge on any atom is 0.260 e. The first-order chi connectivity index (χ1) is 17.1. The molecule has 0 bridgehead atoms. The molecule has 0 aliphatic rings. The van der Waals surface area contributed by atoms with Crippen molar-refractivity contribution in [2.75, 3.05) is 58.2 Å². The number of halogens is 1. The van der Waals surface area contributed by atoms with Crippen molar-refractivity contribution in [3.8, 4) is 17.2 Å². The summed E-state index contributed by atoms with van der Waals surface area (Å²) < 4.78 is 42.1. The Morgan fingerprint density at radius 2 is 1.54 bits per heavy atom. The van der Waals surface area contributed by atoms with Crippen LogP contribution in [0.25, 0.3) is 10.2 Å². The molecule has 1 aromatic heterocycles. The largest absolute Gasteiger partial charge is 0.490 e. The van der Waals surface area contributed by atoms with Crippen molar-refractivity contribution in [3.05, 3.63) is 35.9 Å². The van der Waals surface area contributed by atoms with Crippen molar-refractivity contribution >= 4 is 54.8 Å². The van der Waals surface area contributed by atoms with E-state index in [1.807, 2.05) is 39.8 Å². The Labute approximate surface area is 228 Å². The van der Waals surface area contributed by atoms with Crippen LogP contribution in [0.15, 0.2) is 35.2 Å². The summed E-state index contributed by atoms with van der Waals surface area (Å²) in [6.07, 6.45) is 1.17. The van der Waals surface area contributed by atoms with Crippen LogP contribution in [0.1, 0.15) is 31.1 Å². The zero-order valence-electron chi connectivity index (χ0n) is 21.9. The van der Waals surface area contributed by atoms with Gasteiger partial charge in [0.2, 0.25) is 5.75 Å². The highest BCUT2D eigenvalue weighted by molar-refractivity contribution is 7.90. The third-order valence-corrected chi connectivity index (χ3v) is 7.33. The van der Waals surface area contributed by atoms with Gasteiger partial charge in [-0.2, -0.15) is 0 Å². The highest BCUT2D eigenvalue weighted by Gasteiger charge is 2.25. The predicted octanol–water partition coefficient (Wildman–Crippen LogP) is 4.53. The SMILES string of the molecule is CCOc1cc(C(=O)N(CCN(C)C)c2nc3ccc(S(C)(=O)=O)cc3s2)cc(OCC)c1OCC.Cl. The fourth-order valence-electron chi connectivity index (χ4n) is 3.49. The van der Waals surface area contributed by atoms with Crippen LogP contribution in [0.3, 0.4) is 0 Å². The van der Waals surface area contributed by atoms with Crippen molar-refractivity contribution in [1.29, 1.82) is 0 Å². The summed E-state index contributed by atoms with van der Waals surface area (Å²) in [4.78, 5) is 22.3. The van der Waals surface area contributed by atoms with E-state index in [1.165, 1.54) is 23.7 Å². The molecule has 3 rings (SSSR count). The second kappa shape index (κ2) is 13.3. The Morgan fingerprint density at radius 3 is 2.05 bits per heavy atom. The number of hydrogen-bond donors (Lipinski definition) is 0. The van der Waals surface area contributed by atoms with Gasteiger partial charge in [0, 0.05) is 24.9 Å². The molecule has 0 aliphatic carbocycles. The van der Waals surface area contributed by atoms with Gasteiger partial charge < -0.3 is 19.1 Å². The molecule has 0 fully saturated rings. The van der Waals surface area contributed by atoms with Gasteiger partial charge in [-0.15, -0.1) is 12.4 Å². The number of sulfone groups is 1. The van der Waals surface area contributed by atoms with E-state index in [2.05, 4.69) is 4.98 Å². The van der Waals surface area contributed by atoms with Gasteiger partial charge >= 0.3 is 0 Å². The van der Waals surface area contributed by atoms with Gasteiger partial charge in [-0.3, -0.25) is 9.69 Å². The average Bonchev–Trinajstić information content (AvgIpc) is 3.23. The van der Waals surface area contributed by atoms with Crippen LogP contribution in [0, 0.1) is 0 Å².